The zero-order valence-corrected chi connectivity index (χ0v) is 13.6. The number of nitrogens with zero attached hydrogens (tertiary/aromatic N) is 2. The van der Waals surface area contributed by atoms with Gasteiger partial charge < -0.3 is 5.32 Å². The first-order chi connectivity index (χ1) is 11.0. The third kappa shape index (κ3) is 2.90. The molecule has 0 radical (unpaired) electrons. The van der Waals surface area contributed by atoms with E-state index in [1.54, 1.807) is 24.3 Å². The second kappa shape index (κ2) is 6.18. The van der Waals surface area contributed by atoms with Crippen LogP contribution in [0.4, 0.5) is 10.1 Å². The van der Waals surface area contributed by atoms with Crippen molar-refractivity contribution in [1.29, 1.82) is 0 Å². The van der Waals surface area contributed by atoms with Crippen molar-refractivity contribution in [2.45, 2.75) is 6.92 Å². The van der Waals surface area contributed by atoms with Gasteiger partial charge in [-0.1, -0.05) is 23.2 Å². The molecule has 23 heavy (non-hydrogen) atoms. The number of nitrogens with one attached hydrogen (secondary N) is 1. The predicted octanol–water partition coefficient (Wildman–Crippen LogP) is 4.26. The van der Waals surface area contributed by atoms with Crippen molar-refractivity contribution in [1.82, 2.24) is 9.55 Å². The number of anilines is 1. The summed E-state index contributed by atoms with van der Waals surface area (Å²) in [6, 6.07) is 9.39. The lowest BCUT2D eigenvalue weighted by Crippen LogP contribution is -2.20. The molecule has 0 saturated heterocycles. The zero-order chi connectivity index (χ0) is 16.6. The number of fused-ring (bicyclic) bond motifs is 1. The third-order valence-corrected chi connectivity index (χ3v) is 3.87. The van der Waals surface area contributed by atoms with E-state index in [0.29, 0.717) is 28.3 Å². The Balaban J connectivity index is 2.40. The molecular weight excluding hydrogens is 340 g/mol. The maximum absolute atomic E-state index is 13.8. The van der Waals surface area contributed by atoms with E-state index in [4.69, 9.17) is 23.2 Å². The Morgan fingerprint density at radius 1 is 1.22 bits per heavy atom. The molecule has 0 saturated carbocycles. The largest absolute Gasteiger partial charge is 0.385 e. The molecule has 0 aliphatic heterocycles. The lowest BCUT2D eigenvalue weighted by atomic mass is 10.2. The Morgan fingerprint density at radius 2 is 1.91 bits per heavy atom. The molecule has 1 aromatic carbocycles. The summed E-state index contributed by atoms with van der Waals surface area (Å²) in [5.41, 5.74) is 1.07. The highest BCUT2D eigenvalue weighted by Crippen LogP contribution is 2.26. The van der Waals surface area contributed by atoms with Crippen LogP contribution in [-0.2, 0) is 0 Å². The number of hydrogen-bond donors (Lipinski definition) is 1. The van der Waals surface area contributed by atoms with Crippen molar-refractivity contribution >= 4 is 39.9 Å². The van der Waals surface area contributed by atoms with Crippen LogP contribution in [0, 0.1) is 5.82 Å². The molecule has 2 aromatic heterocycles. The summed E-state index contributed by atoms with van der Waals surface area (Å²) < 4.78 is 15.2. The van der Waals surface area contributed by atoms with Crippen LogP contribution in [0.1, 0.15) is 6.92 Å². The molecule has 0 spiro atoms. The number of halogens is 3. The average molecular weight is 352 g/mol. The van der Waals surface area contributed by atoms with Gasteiger partial charge in [0.25, 0.3) is 5.56 Å². The lowest BCUT2D eigenvalue weighted by molar-refractivity contribution is 0.624. The number of pyridine rings is 2. The molecule has 0 bridgehead atoms. The molecule has 118 valence electrons. The van der Waals surface area contributed by atoms with Crippen molar-refractivity contribution in [3.63, 3.8) is 0 Å². The second-order valence-corrected chi connectivity index (χ2v) is 5.67. The van der Waals surface area contributed by atoms with E-state index in [9.17, 15) is 9.18 Å². The van der Waals surface area contributed by atoms with E-state index in [-0.39, 0.29) is 16.4 Å². The Labute approximate surface area is 141 Å². The molecule has 3 aromatic rings. The number of aromatic nitrogens is 2. The molecular formula is C16H12Cl2FN3O. The molecule has 0 fully saturated rings. The molecule has 7 heteroatoms. The summed E-state index contributed by atoms with van der Waals surface area (Å²) in [4.78, 5) is 16.6. The zero-order valence-electron chi connectivity index (χ0n) is 12.1. The number of hydrogen-bond acceptors (Lipinski definition) is 3. The molecule has 0 aliphatic carbocycles. The first kappa shape index (κ1) is 15.8. The summed E-state index contributed by atoms with van der Waals surface area (Å²) in [5, 5.41) is 3.78. The first-order valence-corrected chi connectivity index (χ1v) is 7.68. The van der Waals surface area contributed by atoms with Gasteiger partial charge in [0.15, 0.2) is 16.6 Å². The van der Waals surface area contributed by atoms with E-state index in [1.807, 2.05) is 6.92 Å². The molecule has 0 unspecified atom stereocenters. The van der Waals surface area contributed by atoms with Gasteiger partial charge >= 0.3 is 0 Å². The van der Waals surface area contributed by atoms with Crippen LogP contribution < -0.4 is 10.9 Å². The summed E-state index contributed by atoms with van der Waals surface area (Å²) in [5.74, 6) is -0.639. The van der Waals surface area contributed by atoms with Crippen LogP contribution in [0.3, 0.4) is 0 Å². The van der Waals surface area contributed by atoms with Crippen LogP contribution >= 0.6 is 23.2 Å². The predicted molar refractivity (Wildman–Crippen MR) is 91.5 cm³/mol. The van der Waals surface area contributed by atoms with Gasteiger partial charge in [-0.25, -0.2) is 9.37 Å². The van der Waals surface area contributed by atoms with Gasteiger partial charge in [0.2, 0.25) is 0 Å². The Kier molecular flexibility index (Phi) is 4.24. The summed E-state index contributed by atoms with van der Waals surface area (Å²) in [6.07, 6.45) is 0. The Hall–Kier alpha value is -2.11. The van der Waals surface area contributed by atoms with E-state index in [2.05, 4.69) is 10.3 Å². The maximum atomic E-state index is 13.8. The van der Waals surface area contributed by atoms with Crippen LogP contribution in [0.25, 0.3) is 16.7 Å². The Morgan fingerprint density at radius 3 is 2.57 bits per heavy atom. The van der Waals surface area contributed by atoms with Gasteiger partial charge in [-0.15, -0.1) is 0 Å². The quantitative estimate of drug-likeness (QED) is 0.717. The normalized spacial score (nSPS) is 11.0. The Bertz CT molecular complexity index is 939. The highest BCUT2D eigenvalue weighted by atomic mass is 35.5. The monoisotopic (exact) mass is 351 g/mol. The minimum absolute atomic E-state index is 0.280. The average Bonchev–Trinajstić information content (AvgIpc) is 2.51. The topological polar surface area (TPSA) is 46.9 Å². The fraction of sp³-hybridized carbons (Fsp3) is 0.125. The van der Waals surface area contributed by atoms with Crippen LogP contribution in [0.5, 0.6) is 0 Å². The molecule has 0 amide bonds. The highest BCUT2D eigenvalue weighted by Gasteiger charge is 2.15. The van der Waals surface area contributed by atoms with Crippen LogP contribution in [0.15, 0.2) is 41.2 Å². The van der Waals surface area contributed by atoms with Crippen molar-refractivity contribution in [2.75, 3.05) is 11.9 Å². The standard InChI is InChI=1S/C16H12Cl2FN3O/c1-2-20-13-8-14(23)22(10-5-3-9(17)4-6-10)16-11(13)7-12(19)15(18)21-16/h3-8,20H,2H2,1H3. The van der Waals surface area contributed by atoms with Crippen molar-refractivity contribution in [3.05, 3.63) is 62.7 Å². The smallest absolute Gasteiger partial charge is 0.258 e. The third-order valence-electron chi connectivity index (χ3n) is 3.36. The minimum atomic E-state index is -0.639. The number of rotatable bonds is 3. The van der Waals surface area contributed by atoms with Gasteiger partial charge in [-0.2, -0.15) is 0 Å². The van der Waals surface area contributed by atoms with Gasteiger partial charge in [0.1, 0.15) is 0 Å². The minimum Gasteiger partial charge on any atom is -0.385 e. The van der Waals surface area contributed by atoms with Gasteiger partial charge in [-0.3, -0.25) is 9.36 Å². The summed E-state index contributed by atoms with van der Waals surface area (Å²) >= 11 is 11.7. The first-order valence-electron chi connectivity index (χ1n) is 6.93. The van der Waals surface area contributed by atoms with Gasteiger partial charge in [0, 0.05) is 23.0 Å². The molecule has 0 atom stereocenters. The summed E-state index contributed by atoms with van der Waals surface area (Å²) in [7, 11) is 0. The van der Waals surface area contributed by atoms with Crippen molar-refractivity contribution in [2.24, 2.45) is 0 Å². The van der Waals surface area contributed by atoms with E-state index >= 15 is 0 Å². The molecule has 4 nitrogen and oxygen atoms in total. The highest BCUT2D eigenvalue weighted by molar-refractivity contribution is 6.30. The molecule has 3 rings (SSSR count). The van der Waals surface area contributed by atoms with Crippen LogP contribution in [-0.4, -0.2) is 16.1 Å². The fourth-order valence-corrected chi connectivity index (χ4v) is 2.63. The van der Waals surface area contributed by atoms with Crippen LogP contribution in [0.2, 0.25) is 10.2 Å². The van der Waals surface area contributed by atoms with Crippen molar-refractivity contribution < 1.29 is 4.39 Å². The van der Waals surface area contributed by atoms with Crippen molar-refractivity contribution in [3.8, 4) is 5.69 Å². The molecule has 1 N–H and O–H groups in total. The lowest BCUT2D eigenvalue weighted by Gasteiger charge is -2.14. The fourth-order valence-electron chi connectivity index (χ4n) is 2.37. The van der Waals surface area contributed by atoms with Gasteiger partial charge in [-0.05, 0) is 37.3 Å². The second-order valence-electron chi connectivity index (χ2n) is 4.87. The molecule has 2 heterocycles. The van der Waals surface area contributed by atoms with Gasteiger partial charge in [0.05, 0.1) is 11.4 Å². The van der Waals surface area contributed by atoms with E-state index < -0.39 is 5.82 Å². The number of benzene rings is 1. The SMILES string of the molecule is CCNc1cc(=O)n(-c2ccc(Cl)cc2)c2nc(Cl)c(F)cc12. The van der Waals surface area contributed by atoms with E-state index in [1.165, 1.54) is 16.7 Å². The molecule has 0 aliphatic rings. The van der Waals surface area contributed by atoms with E-state index in [0.717, 1.165) is 0 Å². The summed E-state index contributed by atoms with van der Waals surface area (Å²) in [6.45, 7) is 2.47. The maximum Gasteiger partial charge on any atom is 0.258 e.